The standard InChI is InChI=1S/C16H23/c1-11-5-12(2)8-15(7-11)16-9-13(3)6-14(4)10-16/h5,7,13-14,16H,6,9-10H2,1-4H3. The number of aryl methyl sites for hydroxylation is 2. The monoisotopic (exact) mass is 215 g/mol. The van der Waals surface area contributed by atoms with Crippen molar-refractivity contribution in [3.63, 3.8) is 0 Å². The minimum Gasteiger partial charge on any atom is -0.0625 e. The molecule has 0 heteroatoms. The van der Waals surface area contributed by atoms with E-state index in [1.54, 1.807) is 0 Å². The van der Waals surface area contributed by atoms with Crippen molar-refractivity contribution in [1.82, 2.24) is 0 Å². The molecule has 2 unspecified atom stereocenters. The third-order valence-corrected chi connectivity index (χ3v) is 3.79. The van der Waals surface area contributed by atoms with E-state index in [1.165, 1.54) is 36.0 Å². The maximum absolute atomic E-state index is 3.56. The predicted molar refractivity (Wildman–Crippen MR) is 69.7 cm³/mol. The van der Waals surface area contributed by atoms with E-state index in [0.717, 1.165) is 17.8 Å². The average Bonchev–Trinajstić information content (AvgIpc) is 2.14. The molecule has 1 saturated carbocycles. The van der Waals surface area contributed by atoms with Crippen molar-refractivity contribution in [2.45, 2.75) is 52.9 Å². The first kappa shape index (κ1) is 11.7. The summed E-state index contributed by atoms with van der Waals surface area (Å²) in [6, 6.07) is 8.12. The Labute approximate surface area is 100 Å². The minimum absolute atomic E-state index is 0.748. The van der Waals surface area contributed by atoms with Crippen molar-refractivity contribution >= 4 is 0 Å². The van der Waals surface area contributed by atoms with Crippen molar-refractivity contribution in [2.24, 2.45) is 11.8 Å². The zero-order valence-corrected chi connectivity index (χ0v) is 11.0. The Bertz CT molecular complexity index is 334. The van der Waals surface area contributed by atoms with Crippen molar-refractivity contribution in [2.75, 3.05) is 0 Å². The van der Waals surface area contributed by atoms with E-state index in [4.69, 9.17) is 0 Å². The van der Waals surface area contributed by atoms with Gasteiger partial charge in [-0.15, -0.1) is 0 Å². The molecule has 0 aromatic heterocycles. The van der Waals surface area contributed by atoms with Crippen molar-refractivity contribution in [1.29, 1.82) is 0 Å². The van der Waals surface area contributed by atoms with Crippen LogP contribution in [0.1, 0.15) is 55.7 Å². The fraction of sp³-hybridized carbons (Fsp3) is 0.625. The third-order valence-electron chi connectivity index (χ3n) is 3.79. The molecule has 0 spiro atoms. The van der Waals surface area contributed by atoms with Gasteiger partial charge in [0.15, 0.2) is 0 Å². The maximum atomic E-state index is 3.56. The Kier molecular flexibility index (Phi) is 3.37. The molecule has 2 rings (SSSR count). The Morgan fingerprint density at radius 1 is 1.00 bits per heavy atom. The van der Waals surface area contributed by atoms with E-state index >= 15 is 0 Å². The fourth-order valence-corrected chi connectivity index (χ4v) is 3.35. The Morgan fingerprint density at radius 3 is 2.19 bits per heavy atom. The summed E-state index contributed by atoms with van der Waals surface area (Å²) >= 11 is 0. The van der Waals surface area contributed by atoms with Crippen LogP contribution in [0.5, 0.6) is 0 Å². The number of hydrogen-bond acceptors (Lipinski definition) is 0. The molecule has 0 aliphatic heterocycles. The molecule has 1 fully saturated rings. The molecule has 0 saturated heterocycles. The summed E-state index contributed by atoms with van der Waals surface area (Å²) in [6.07, 6.45) is 4.11. The van der Waals surface area contributed by atoms with Crippen LogP contribution in [-0.2, 0) is 0 Å². The first-order valence-electron chi connectivity index (χ1n) is 6.55. The highest BCUT2D eigenvalue weighted by Gasteiger charge is 2.25. The summed E-state index contributed by atoms with van der Waals surface area (Å²) in [6.45, 7) is 9.14. The summed E-state index contributed by atoms with van der Waals surface area (Å²) in [4.78, 5) is 0. The van der Waals surface area contributed by atoms with Gasteiger partial charge < -0.3 is 0 Å². The van der Waals surface area contributed by atoms with Crippen molar-refractivity contribution in [3.05, 3.63) is 34.9 Å². The van der Waals surface area contributed by atoms with E-state index in [2.05, 4.69) is 45.9 Å². The fourth-order valence-electron chi connectivity index (χ4n) is 3.35. The Morgan fingerprint density at radius 2 is 1.62 bits per heavy atom. The van der Waals surface area contributed by atoms with Gasteiger partial charge in [-0.3, -0.25) is 0 Å². The first-order chi connectivity index (χ1) is 7.54. The van der Waals surface area contributed by atoms with Crippen molar-refractivity contribution < 1.29 is 0 Å². The molecule has 0 heterocycles. The lowest BCUT2D eigenvalue weighted by atomic mass is 9.73. The van der Waals surface area contributed by atoms with Crippen LogP contribution in [0.25, 0.3) is 0 Å². The molecule has 1 aromatic carbocycles. The molecule has 0 bridgehead atoms. The van der Waals surface area contributed by atoms with Crippen LogP contribution in [0, 0.1) is 31.7 Å². The molecule has 87 valence electrons. The quantitative estimate of drug-likeness (QED) is 0.640. The molecule has 0 amide bonds. The van der Waals surface area contributed by atoms with Gasteiger partial charge in [-0.2, -0.15) is 0 Å². The van der Waals surface area contributed by atoms with E-state index < -0.39 is 0 Å². The predicted octanol–water partition coefficient (Wildman–Crippen LogP) is 4.64. The minimum atomic E-state index is 0.748. The zero-order chi connectivity index (χ0) is 11.7. The second kappa shape index (κ2) is 4.61. The molecule has 0 N–H and O–H groups in total. The lowest BCUT2D eigenvalue weighted by Crippen LogP contribution is -2.18. The summed E-state index contributed by atoms with van der Waals surface area (Å²) in [5.41, 5.74) is 4.13. The second-order valence-electron chi connectivity index (χ2n) is 5.91. The highest BCUT2D eigenvalue weighted by molar-refractivity contribution is 5.30. The van der Waals surface area contributed by atoms with Crippen LogP contribution in [0.3, 0.4) is 0 Å². The number of rotatable bonds is 1. The Hall–Kier alpha value is -0.780. The smallest absolute Gasteiger partial charge is 0.0114 e. The largest absolute Gasteiger partial charge is 0.0625 e. The topological polar surface area (TPSA) is 0 Å². The summed E-state index contributed by atoms with van der Waals surface area (Å²) in [5.74, 6) is 2.50. The van der Waals surface area contributed by atoms with Crippen molar-refractivity contribution in [3.8, 4) is 0 Å². The molecule has 1 aliphatic rings. The summed E-state index contributed by atoms with van der Waals surface area (Å²) in [7, 11) is 0. The van der Waals surface area contributed by atoms with Gasteiger partial charge in [-0.1, -0.05) is 31.5 Å². The van der Waals surface area contributed by atoms with E-state index in [-0.39, 0.29) is 0 Å². The highest BCUT2D eigenvalue weighted by atomic mass is 14.3. The Balaban J connectivity index is 2.22. The first-order valence-corrected chi connectivity index (χ1v) is 6.55. The van der Waals surface area contributed by atoms with Gasteiger partial charge in [0.2, 0.25) is 0 Å². The lowest BCUT2D eigenvalue weighted by molar-refractivity contribution is 0.268. The van der Waals surface area contributed by atoms with E-state index in [1.807, 2.05) is 0 Å². The number of hydrogen-bond donors (Lipinski definition) is 0. The molecule has 1 aromatic rings. The van der Waals surface area contributed by atoms with E-state index in [9.17, 15) is 0 Å². The second-order valence-corrected chi connectivity index (χ2v) is 5.91. The van der Waals surface area contributed by atoms with Gasteiger partial charge >= 0.3 is 0 Å². The van der Waals surface area contributed by atoms with Gasteiger partial charge in [0, 0.05) is 0 Å². The molecule has 1 radical (unpaired) electrons. The SMILES string of the molecule is Cc1[c]c(C2CC(C)CC(C)C2)cc(C)c1. The van der Waals surface area contributed by atoms with E-state index in [0.29, 0.717) is 0 Å². The van der Waals surface area contributed by atoms with Gasteiger partial charge in [0.05, 0.1) is 0 Å². The molecule has 16 heavy (non-hydrogen) atoms. The summed E-state index contributed by atoms with van der Waals surface area (Å²) in [5, 5.41) is 0. The van der Waals surface area contributed by atoms with Crippen LogP contribution in [0.2, 0.25) is 0 Å². The van der Waals surface area contributed by atoms with Crippen LogP contribution < -0.4 is 0 Å². The molecule has 0 nitrogen and oxygen atoms in total. The van der Waals surface area contributed by atoms with Crippen LogP contribution in [0.4, 0.5) is 0 Å². The van der Waals surface area contributed by atoms with Gasteiger partial charge in [-0.05, 0) is 68.1 Å². The zero-order valence-electron chi connectivity index (χ0n) is 11.0. The average molecular weight is 215 g/mol. The van der Waals surface area contributed by atoms with Gasteiger partial charge in [-0.25, -0.2) is 0 Å². The van der Waals surface area contributed by atoms with Gasteiger partial charge in [0.25, 0.3) is 0 Å². The van der Waals surface area contributed by atoms with Crippen LogP contribution in [0.15, 0.2) is 12.1 Å². The van der Waals surface area contributed by atoms with Crippen LogP contribution in [-0.4, -0.2) is 0 Å². The van der Waals surface area contributed by atoms with Gasteiger partial charge in [0.1, 0.15) is 0 Å². The molecular formula is C16H23. The highest BCUT2D eigenvalue weighted by Crippen LogP contribution is 2.39. The molecular weight excluding hydrogens is 192 g/mol. The lowest BCUT2D eigenvalue weighted by Gasteiger charge is -2.32. The van der Waals surface area contributed by atoms with Crippen LogP contribution >= 0.6 is 0 Å². The number of benzene rings is 1. The summed E-state index contributed by atoms with van der Waals surface area (Å²) < 4.78 is 0. The maximum Gasteiger partial charge on any atom is -0.0114 e. The molecule has 2 atom stereocenters. The molecule has 1 aliphatic carbocycles. The third kappa shape index (κ3) is 2.66. The normalized spacial score (nSPS) is 30.4.